The molecule has 3 N–H and O–H groups in total. The van der Waals surface area contributed by atoms with Gasteiger partial charge in [-0.2, -0.15) is 0 Å². The highest BCUT2D eigenvalue weighted by Crippen LogP contribution is 2.47. The maximum absolute atomic E-state index is 12.9. The molecule has 1 aliphatic carbocycles. The van der Waals surface area contributed by atoms with Gasteiger partial charge < -0.3 is 20.2 Å². The van der Waals surface area contributed by atoms with Crippen LogP contribution in [0.5, 0.6) is 0 Å². The second kappa shape index (κ2) is 7.13. The molecular weight excluding hydrogens is 368 g/mol. The summed E-state index contributed by atoms with van der Waals surface area (Å²) in [4.78, 5) is 24.4. The minimum Gasteiger partial charge on any atom is -0.493 e. The van der Waals surface area contributed by atoms with E-state index in [9.17, 15) is 9.59 Å². The molecule has 1 aromatic heterocycles. The predicted molar refractivity (Wildman–Crippen MR) is 111 cm³/mol. The molecule has 0 saturated carbocycles. The number of allylic oxidation sites excluding steroid dienone is 1. The number of amides is 2. The lowest BCUT2D eigenvalue weighted by Crippen LogP contribution is -2.44. The minimum atomic E-state index is -0.987. The van der Waals surface area contributed by atoms with Gasteiger partial charge in [0.25, 0.3) is 0 Å². The summed E-state index contributed by atoms with van der Waals surface area (Å²) in [5.41, 5.74) is 7.95. The Morgan fingerprint density at radius 1 is 1.21 bits per heavy atom. The number of anilines is 1. The van der Waals surface area contributed by atoms with Crippen molar-refractivity contribution in [2.45, 2.75) is 25.2 Å². The number of ether oxygens (including phenoxy) is 1. The van der Waals surface area contributed by atoms with Gasteiger partial charge in [-0.05, 0) is 42.7 Å². The van der Waals surface area contributed by atoms with Crippen molar-refractivity contribution in [3.8, 4) is 0 Å². The number of hydrogen-bond donors (Lipinski definition) is 2. The molecule has 0 fully saturated rings. The third-order valence-corrected chi connectivity index (χ3v) is 5.39. The van der Waals surface area contributed by atoms with Crippen molar-refractivity contribution in [2.24, 2.45) is 5.73 Å². The molecule has 2 amide bonds. The zero-order valence-electron chi connectivity index (χ0n) is 16.3. The largest absolute Gasteiger partial charge is 0.493 e. The van der Waals surface area contributed by atoms with E-state index in [4.69, 9.17) is 14.9 Å². The molecule has 1 aliphatic rings. The number of methoxy groups -OCH3 is 1. The number of benzene rings is 2. The first-order valence-electron chi connectivity index (χ1n) is 9.37. The van der Waals surface area contributed by atoms with Gasteiger partial charge in [0.1, 0.15) is 5.58 Å². The van der Waals surface area contributed by atoms with Crippen LogP contribution in [0, 0.1) is 0 Å². The summed E-state index contributed by atoms with van der Waals surface area (Å²) >= 11 is 0. The highest BCUT2D eigenvalue weighted by molar-refractivity contribution is 6.00. The van der Waals surface area contributed by atoms with E-state index < -0.39 is 11.3 Å². The van der Waals surface area contributed by atoms with Gasteiger partial charge in [-0.25, -0.2) is 0 Å². The first-order valence-corrected chi connectivity index (χ1v) is 9.37. The Morgan fingerprint density at radius 2 is 1.97 bits per heavy atom. The normalized spacial score (nSPS) is 18.1. The van der Waals surface area contributed by atoms with Crippen molar-refractivity contribution in [2.75, 3.05) is 12.4 Å². The third-order valence-electron chi connectivity index (χ3n) is 5.39. The van der Waals surface area contributed by atoms with Gasteiger partial charge in [0, 0.05) is 23.6 Å². The Hall–Kier alpha value is -3.54. The van der Waals surface area contributed by atoms with Crippen LogP contribution < -0.4 is 11.1 Å². The standard InChI is InChI=1S/C23H22N2O4/c1-14(26)25-16-8-9-18-17(12-16)20-21(29-18)19(28-2)10-11-23(20,22(24)27)13-15-6-4-3-5-7-15/h3-10,12H,11,13H2,1-2H3,(H2,24,27)(H,25,26). The second-order valence-corrected chi connectivity index (χ2v) is 7.28. The second-order valence-electron chi connectivity index (χ2n) is 7.28. The quantitative estimate of drug-likeness (QED) is 0.694. The van der Waals surface area contributed by atoms with Gasteiger partial charge in [0.2, 0.25) is 11.8 Å². The molecule has 1 atom stereocenters. The van der Waals surface area contributed by atoms with Gasteiger partial charge in [0.15, 0.2) is 11.5 Å². The smallest absolute Gasteiger partial charge is 0.228 e. The van der Waals surface area contributed by atoms with Crippen LogP contribution in [0.4, 0.5) is 5.69 Å². The molecule has 3 aromatic rings. The van der Waals surface area contributed by atoms with Crippen molar-refractivity contribution in [1.82, 2.24) is 0 Å². The number of carbonyl (C=O) groups is 2. The summed E-state index contributed by atoms with van der Waals surface area (Å²) in [6, 6.07) is 15.1. The van der Waals surface area contributed by atoms with E-state index in [1.165, 1.54) is 6.92 Å². The number of hydrogen-bond acceptors (Lipinski definition) is 4. The van der Waals surface area contributed by atoms with Crippen LogP contribution in [-0.4, -0.2) is 18.9 Å². The van der Waals surface area contributed by atoms with Crippen molar-refractivity contribution in [1.29, 1.82) is 0 Å². The van der Waals surface area contributed by atoms with Crippen LogP contribution in [-0.2, 0) is 26.2 Å². The fourth-order valence-corrected chi connectivity index (χ4v) is 4.08. The average molecular weight is 390 g/mol. The molecule has 2 aromatic carbocycles. The van der Waals surface area contributed by atoms with Gasteiger partial charge in [-0.3, -0.25) is 9.59 Å². The number of furan rings is 1. The summed E-state index contributed by atoms with van der Waals surface area (Å²) in [5, 5.41) is 3.52. The van der Waals surface area contributed by atoms with E-state index >= 15 is 0 Å². The van der Waals surface area contributed by atoms with E-state index in [0.29, 0.717) is 41.2 Å². The topological polar surface area (TPSA) is 94.6 Å². The molecule has 29 heavy (non-hydrogen) atoms. The minimum absolute atomic E-state index is 0.176. The SMILES string of the molecule is COC1=CCC(Cc2ccccc2)(C(N)=O)c2c1oc1ccc(NC(C)=O)cc21. The van der Waals surface area contributed by atoms with Crippen molar-refractivity contribution in [3.63, 3.8) is 0 Å². The van der Waals surface area contributed by atoms with E-state index in [0.717, 1.165) is 10.9 Å². The van der Waals surface area contributed by atoms with Crippen LogP contribution in [0.1, 0.15) is 30.2 Å². The Labute approximate surface area is 168 Å². The molecule has 6 nitrogen and oxygen atoms in total. The molecule has 0 saturated heterocycles. The Kier molecular flexibility index (Phi) is 4.62. The third kappa shape index (κ3) is 3.16. The van der Waals surface area contributed by atoms with Crippen molar-refractivity contribution < 1.29 is 18.7 Å². The van der Waals surface area contributed by atoms with E-state index in [-0.39, 0.29) is 5.91 Å². The summed E-state index contributed by atoms with van der Waals surface area (Å²) < 4.78 is 11.6. The summed E-state index contributed by atoms with van der Waals surface area (Å²) in [6.07, 6.45) is 2.68. The number of primary amides is 1. The number of fused-ring (bicyclic) bond motifs is 3. The molecule has 1 unspecified atom stereocenters. The van der Waals surface area contributed by atoms with E-state index in [1.54, 1.807) is 19.2 Å². The molecule has 0 radical (unpaired) electrons. The first-order chi connectivity index (χ1) is 13.9. The Balaban J connectivity index is 1.97. The lowest BCUT2D eigenvalue weighted by atomic mass is 9.69. The Morgan fingerprint density at radius 3 is 2.62 bits per heavy atom. The molecule has 0 bridgehead atoms. The molecule has 0 aliphatic heterocycles. The van der Waals surface area contributed by atoms with E-state index in [1.807, 2.05) is 42.5 Å². The maximum Gasteiger partial charge on any atom is 0.228 e. The van der Waals surface area contributed by atoms with Gasteiger partial charge in [-0.1, -0.05) is 30.3 Å². The lowest BCUT2D eigenvalue weighted by Gasteiger charge is -2.33. The summed E-state index contributed by atoms with van der Waals surface area (Å²) in [6.45, 7) is 1.45. The zero-order valence-corrected chi connectivity index (χ0v) is 16.3. The Bertz CT molecular complexity index is 1130. The molecule has 0 spiro atoms. The van der Waals surface area contributed by atoms with Gasteiger partial charge >= 0.3 is 0 Å². The summed E-state index contributed by atoms with van der Waals surface area (Å²) in [5.74, 6) is 0.469. The zero-order chi connectivity index (χ0) is 20.6. The lowest BCUT2D eigenvalue weighted by molar-refractivity contribution is -0.123. The van der Waals surface area contributed by atoms with Crippen molar-refractivity contribution in [3.05, 3.63) is 71.5 Å². The highest BCUT2D eigenvalue weighted by Gasteiger charge is 2.46. The van der Waals surface area contributed by atoms with Crippen LogP contribution in [0.25, 0.3) is 16.7 Å². The molecule has 148 valence electrons. The fraction of sp³-hybridized carbons (Fsp3) is 0.217. The molecule has 1 heterocycles. The number of nitrogens with two attached hydrogens (primary N) is 1. The molecule has 6 heteroatoms. The first kappa shape index (κ1) is 18.8. The van der Waals surface area contributed by atoms with Gasteiger partial charge in [-0.15, -0.1) is 0 Å². The number of carbonyl (C=O) groups excluding carboxylic acids is 2. The van der Waals surface area contributed by atoms with Crippen LogP contribution in [0.15, 0.2) is 59.0 Å². The summed E-state index contributed by atoms with van der Waals surface area (Å²) in [7, 11) is 1.57. The maximum atomic E-state index is 12.9. The predicted octanol–water partition coefficient (Wildman–Crippen LogP) is 3.75. The monoisotopic (exact) mass is 390 g/mol. The van der Waals surface area contributed by atoms with Crippen molar-refractivity contribution >= 4 is 34.2 Å². The molecular formula is C23H22N2O4. The number of nitrogens with one attached hydrogen (secondary N) is 1. The van der Waals surface area contributed by atoms with E-state index in [2.05, 4.69) is 5.32 Å². The van der Waals surface area contributed by atoms with Crippen LogP contribution in [0.3, 0.4) is 0 Å². The highest BCUT2D eigenvalue weighted by atomic mass is 16.5. The van der Waals surface area contributed by atoms with Gasteiger partial charge in [0.05, 0.1) is 12.5 Å². The number of rotatable bonds is 5. The van der Waals surface area contributed by atoms with Crippen LogP contribution in [0.2, 0.25) is 0 Å². The average Bonchev–Trinajstić information content (AvgIpc) is 3.08. The fourth-order valence-electron chi connectivity index (χ4n) is 4.08. The molecule has 4 rings (SSSR count). The van der Waals surface area contributed by atoms with Crippen LogP contribution >= 0.6 is 0 Å².